The summed E-state index contributed by atoms with van der Waals surface area (Å²) in [6, 6.07) is 5.67. The first-order chi connectivity index (χ1) is 9.68. The van der Waals surface area contributed by atoms with E-state index in [0.717, 1.165) is 0 Å². The largest absolute Gasteiger partial charge is 0.433 e. The Labute approximate surface area is 117 Å². The van der Waals surface area contributed by atoms with Crippen molar-refractivity contribution in [2.24, 2.45) is 0 Å². The predicted molar refractivity (Wildman–Crippen MR) is 68.7 cm³/mol. The van der Waals surface area contributed by atoms with Crippen molar-refractivity contribution in [2.45, 2.75) is 11.1 Å². The van der Waals surface area contributed by atoms with Crippen molar-refractivity contribution in [3.63, 3.8) is 0 Å². The number of hydrogen-bond donors (Lipinski definition) is 2. The van der Waals surface area contributed by atoms with E-state index >= 15 is 0 Å². The van der Waals surface area contributed by atoms with Gasteiger partial charge < -0.3 is 5.73 Å². The molecular formula is C11H9F3N4O2S. The van der Waals surface area contributed by atoms with Crippen molar-refractivity contribution in [3.8, 4) is 0 Å². The average molecular weight is 318 g/mol. The van der Waals surface area contributed by atoms with Gasteiger partial charge in [0.25, 0.3) is 10.0 Å². The molecule has 1 heterocycles. The van der Waals surface area contributed by atoms with E-state index in [1.807, 2.05) is 4.72 Å². The van der Waals surface area contributed by atoms with Crippen molar-refractivity contribution in [3.05, 3.63) is 42.4 Å². The molecule has 3 N–H and O–H groups in total. The first kappa shape index (κ1) is 15.0. The fourth-order valence-electron chi connectivity index (χ4n) is 1.41. The van der Waals surface area contributed by atoms with Crippen LogP contribution >= 0.6 is 0 Å². The second-order valence-corrected chi connectivity index (χ2v) is 5.64. The lowest BCUT2D eigenvalue weighted by Gasteiger charge is -2.09. The number of nitrogens with one attached hydrogen (secondary N) is 1. The number of nitrogens with two attached hydrogens (primary N) is 1. The Hall–Kier alpha value is -2.36. The molecular weight excluding hydrogens is 309 g/mol. The number of benzene rings is 1. The molecule has 0 saturated carbocycles. The maximum atomic E-state index is 12.5. The Morgan fingerprint density at radius 1 is 1.10 bits per heavy atom. The van der Waals surface area contributed by atoms with Crippen LogP contribution < -0.4 is 10.5 Å². The minimum atomic E-state index is -4.69. The lowest BCUT2D eigenvalue weighted by atomic mass is 10.3. The molecule has 0 aliphatic rings. The molecule has 2 rings (SSSR count). The zero-order valence-corrected chi connectivity index (χ0v) is 11.1. The van der Waals surface area contributed by atoms with Crippen LogP contribution in [0.2, 0.25) is 0 Å². The number of nitrogens with zero attached hydrogens (tertiary/aromatic N) is 2. The molecule has 0 unspecified atom stereocenters. The standard InChI is InChI=1S/C11H9F3N4O2S/c12-11(13,14)9-5-10(17-6-16-9)18-21(19,20)8-3-1-7(15)2-4-8/h1-6H,15H2,(H,16,17,18). The third kappa shape index (κ3) is 3.60. The van der Waals surface area contributed by atoms with Crippen LogP contribution in [0.15, 0.2) is 41.6 Å². The highest BCUT2D eigenvalue weighted by atomic mass is 32.2. The van der Waals surface area contributed by atoms with Crippen LogP contribution in [0.5, 0.6) is 0 Å². The molecule has 0 aliphatic heterocycles. The monoisotopic (exact) mass is 318 g/mol. The van der Waals surface area contributed by atoms with E-state index in [2.05, 4.69) is 9.97 Å². The van der Waals surface area contributed by atoms with Crippen LogP contribution in [0.3, 0.4) is 0 Å². The number of hydrogen-bond acceptors (Lipinski definition) is 5. The summed E-state index contributed by atoms with van der Waals surface area (Å²) in [5.41, 5.74) is 4.54. The zero-order chi connectivity index (χ0) is 15.7. The van der Waals surface area contributed by atoms with Gasteiger partial charge in [-0.05, 0) is 24.3 Å². The predicted octanol–water partition coefficient (Wildman–Crippen LogP) is 1.88. The fraction of sp³-hybridized carbons (Fsp3) is 0.0909. The normalized spacial score (nSPS) is 12.1. The van der Waals surface area contributed by atoms with Crippen LogP contribution in [-0.2, 0) is 16.2 Å². The van der Waals surface area contributed by atoms with Gasteiger partial charge in [-0.3, -0.25) is 4.72 Å². The molecule has 0 fully saturated rings. The minimum Gasteiger partial charge on any atom is -0.399 e. The van der Waals surface area contributed by atoms with E-state index in [1.54, 1.807) is 0 Å². The Morgan fingerprint density at radius 2 is 1.71 bits per heavy atom. The molecule has 0 amide bonds. The molecule has 0 spiro atoms. The van der Waals surface area contributed by atoms with Crippen LogP contribution in [-0.4, -0.2) is 18.4 Å². The molecule has 1 aromatic heterocycles. The highest BCUT2D eigenvalue weighted by Gasteiger charge is 2.33. The molecule has 6 nitrogen and oxygen atoms in total. The van der Waals surface area contributed by atoms with E-state index in [4.69, 9.17) is 5.73 Å². The second kappa shape index (κ2) is 5.20. The van der Waals surface area contributed by atoms with Gasteiger partial charge in [0, 0.05) is 11.8 Å². The number of nitrogen functional groups attached to an aromatic ring is 1. The van der Waals surface area contributed by atoms with Gasteiger partial charge in [0.05, 0.1) is 4.90 Å². The summed E-state index contributed by atoms with van der Waals surface area (Å²) in [6.07, 6.45) is -4.06. The Morgan fingerprint density at radius 3 is 2.29 bits per heavy atom. The lowest BCUT2D eigenvalue weighted by molar-refractivity contribution is -0.141. The van der Waals surface area contributed by atoms with Gasteiger partial charge in [-0.25, -0.2) is 18.4 Å². The van der Waals surface area contributed by atoms with Crippen molar-refractivity contribution in [1.29, 1.82) is 0 Å². The highest BCUT2D eigenvalue weighted by molar-refractivity contribution is 7.92. The van der Waals surface area contributed by atoms with Gasteiger partial charge in [0.15, 0.2) is 0 Å². The van der Waals surface area contributed by atoms with Crippen molar-refractivity contribution >= 4 is 21.5 Å². The molecule has 0 aliphatic carbocycles. The number of rotatable bonds is 3. The summed E-state index contributed by atoms with van der Waals surface area (Å²) >= 11 is 0. The Balaban J connectivity index is 2.31. The highest BCUT2D eigenvalue weighted by Crippen LogP contribution is 2.28. The smallest absolute Gasteiger partial charge is 0.399 e. The average Bonchev–Trinajstić information content (AvgIpc) is 2.38. The summed E-state index contributed by atoms with van der Waals surface area (Å²) in [7, 11) is -4.06. The van der Waals surface area contributed by atoms with Gasteiger partial charge in [-0.1, -0.05) is 0 Å². The third-order valence-electron chi connectivity index (χ3n) is 2.39. The molecule has 1 aromatic carbocycles. The second-order valence-electron chi connectivity index (χ2n) is 3.96. The van der Waals surface area contributed by atoms with Gasteiger partial charge in [-0.2, -0.15) is 13.2 Å². The molecule has 0 radical (unpaired) electrons. The summed E-state index contributed by atoms with van der Waals surface area (Å²) < 4.78 is 63.4. The summed E-state index contributed by atoms with van der Waals surface area (Å²) in [6.45, 7) is 0. The number of alkyl halides is 3. The first-order valence-electron chi connectivity index (χ1n) is 5.46. The minimum absolute atomic E-state index is 0.149. The quantitative estimate of drug-likeness (QED) is 0.842. The topological polar surface area (TPSA) is 98.0 Å². The number of halogens is 3. The number of aromatic nitrogens is 2. The maximum Gasteiger partial charge on any atom is 0.433 e. The van der Waals surface area contributed by atoms with Crippen LogP contribution in [0.25, 0.3) is 0 Å². The summed E-state index contributed by atoms with van der Waals surface area (Å²) in [5, 5.41) is 0. The van der Waals surface area contributed by atoms with Gasteiger partial charge in [-0.15, -0.1) is 0 Å². The van der Waals surface area contributed by atoms with Crippen molar-refractivity contribution in [2.75, 3.05) is 10.5 Å². The molecule has 2 aromatic rings. The molecule has 0 bridgehead atoms. The molecule has 0 atom stereocenters. The maximum absolute atomic E-state index is 12.5. The first-order valence-corrected chi connectivity index (χ1v) is 6.94. The van der Waals surface area contributed by atoms with E-state index in [1.165, 1.54) is 24.3 Å². The Bertz CT molecular complexity index is 745. The van der Waals surface area contributed by atoms with E-state index in [-0.39, 0.29) is 4.90 Å². The van der Waals surface area contributed by atoms with Crippen LogP contribution in [0, 0.1) is 0 Å². The number of anilines is 2. The van der Waals surface area contributed by atoms with E-state index in [9.17, 15) is 21.6 Å². The van der Waals surface area contributed by atoms with Gasteiger partial charge >= 0.3 is 6.18 Å². The molecule has 10 heteroatoms. The van der Waals surface area contributed by atoms with Crippen molar-refractivity contribution in [1.82, 2.24) is 9.97 Å². The Kier molecular flexibility index (Phi) is 3.73. The van der Waals surface area contributed by atoms with E-state index in [0.29, 0.717) is 18.1 Å². The van der Waals surface area contributed by atoms with Crippen molar-refractivity contribution < 1.29 is 21.6 Å². The van der Waals surface area contributed by atoms with Gasteiger partial charge in [0.1, 0.15) is 17.8 Å². The molecule has 112 valence electrons. The zero-order valence-electron chi connectivity index (χ0n) is 10.3. The third-order valence-corrected chi connectivity index (χ3v) is 3.76. The summed E-state index contributed by atoms with van der Waals surface area (Å²) in [4.78, 5) is 6.34. The van der Waals surface area contributed by atoms with E-state index < -0.39 is 27.7 Å². The summed E-state index contributed by atoms with van der Waals surface area (Å²) in [5.74, 6) is -0.478. The number of sulfonamides is 1. The molecule has 21 heavy (non-hydrogen) atoms. The lowest BCUT2D eigenvalue weighted by Crippen LogP contribution is -2.16. The molecule has 0 saturated heterocycles. The fourth-order valence-corrected chi connectivity index (χ4v) is 2.41. The SMILES string of the molecule is Nc1ccc(S(=O)(=O)Nc2cc(C(F)(F)F)ncn2)cc1. The van der Waals surface area contributed by atoms with Crippen LogP contribution in [0.4, 0.5) is 24.7 Å². The van der Waals surface area contributed by atoms with Gasteiger partial charge in [0.2, 0.25) is 0 Å². The van der Waals surface area contributed by atoms with Crippen LogP contribution in [0.1, 0.15) is 5.69 Å².